The lowest BCUT2D eigenvalue weighted by molar-refractivity contribution is -0.156. The highest BCUT2D eigenvalue weighted by molar-refractivity contribution is 5.72. The number of nitrogens with zero attached hydrogens (tertiary/aromatic N) is 1. The zero-order valence-corrected chi connectivity index (χ0v) is 22.4. The minimum atomic E-state index is -0.457. The number of phenolic OH excluding ortho intramolecular Hbond substituents is 1. The Labute approximate surface area is 224 Å². The Hall–Kier alpha value is -3.55. The van der Waals surface area contributed by atoms with Crippen LogP contribution in [-0.2, 0) is 25.5 Å². The third kappa shape index (κ3) is 6.85. The number of pyridine rings is 1. The summed E-state index contributed by atoms with van der Waals surface area (Å²) >= 11 is 0. The van der Waals surface area contributed by atoms with Gasteiger partial charge in [-0.2, -0.15) is 0 Å². The molecular formula is C30H38N2O6. The van der Waals surface area contributed by atoms with Crippen molar-refractivity contribution >= 4 is 17.8 Å². The van der Waals surface area contributed by atoms with Gasteiger partial charge in [0.05, 0.1) is 7.11 Å². The summed E-state index contributed by atoms with van der Waals surface area (Å²) in [5.41, 5.74) is 8.42. The number of rotatable bonds is 10. The Balaban J connectivity index is 1.58. The third-order valence-electron chi connectivity index (χ3n) is 7.71. The number of aromatic hydroxyl groups is 1. The molecule has 2 aromatic rings. The van der Waals surface area contributed by atoms with Gasteiger partial charge in [0, 0.05) is 32.4 Å². The molecule has 2 aliphatic rings. The van der Waals surface area contributed by atoms with E-state index in [4.69, 9.17) is 19.9 Å². The standard InChI is InChI=1S/C30H38N2O6/c1-18(33)37-24(16-28(38-19(2)34)25-10-7-20-5-4-6-21(25)13-20)9-8-22-14-29(36-3)27(35)17-26(22)23-11-12-32-30(31)15-23/h7,10-12,14-15,17,20-21,24-25,28,35H,4-6,8-9,13,16H2,1-3H3,(H2,31,32). The van der Waals surface area contributed by atoms with Gasteiger partial charge >= 0.3 is 11.9 Å². The van der Waals surface area contributed by atoms with Gasteiger partial charge < -0.3 is 25.1 Å². The summed E-state index contributed by atoms with van der Waals surface area (Å²) in [6, 6.07) is 7.02. The smallest absolute Gasteiger partial charge is 0.302 e. The fraction of sp³-hybridized carbons (Fsp3) is 0.500. The number of nitrogens with two attached hydrogens (primary N) is 1. The van der Waals surface area contributed by atoms with Crippen LogP contribution in [0.15, 0.2) is 42.6 Å². The highest BCUT2D eigenvalue weighted by Gasteiger charge is 2.37. The van der Waals surface area contributed by atoms with E-state index in [-0.39, 0.29) is 29.7 Å². The third-order valence-corrected chi connectivity index (χ3v) is 7.71. The first kappa shape index (κ1) is 27.5. The molecule has 0 radical (unpaired) electrons. The lowest BCUT2D eigenvalue weighted by Gasteiger charge is -2.40. The molecule has 0 amide bonds. The second-order valence-electron chi connectivity index (χ2n) is 10.5. The van der Waals surface area contributed by atoms with Crippen molar-refractivity contribution in [2.24, 2.45) is 17.8 Å². The van der Waals surface area contributed by atoms with Gasteiger partial charge in [0.1, 0.15) is 18.0 Å². The summed E-state index contributed by atoms with van der Waals surface area (Å²) in [5.74, 6) is 1.22. The van der Waals surface area contributed by atoms with Crippen molar-refractivity contribution in [3.8, 4) is 22.6 Å². The maximum Gasteiger partial charge on any atom is 0.302 e. The number of esters is 2. The molecule has 0 aliphatic heterocycles. The molecule has 2 bridgehead atoms. The van der Waals surface area contributed by atoms with Crippen molar-refractivity contribution in [1.29, 1.82) is 0 Å². The van der Waals surface area contributed by atoms with Gasteiger partial charge in [0.2, 0.25) is 0 Å². The quantitative estimate of drug-likeness (QED) is 0.322. The first-order chi connectivity index (χ1) is 18.2. The van der Waals surface area contributed by atoms with Gasteiger partial charge in [-0.15, -0.1) is 0 Å². The number of aryl methyl sites for hydroxylation is 1. The highest BCUT2D eigenvalue weighted by atomic mass is 16.6. The molecule has 38 heavy (non-hydrogen) atoms. The van der Waals surface area contributed by atoms with Gasteiger partial charge in [0.15, 0.2) is 11.5 Å². The first-order valence-electron chi connectivity index (χ1n) is 13.4. The molecule has 1 heterocycles. The van der Waals surface area contributed by atoms with Crippen LogP contribution in [0, 0.1) is 17.8 Å². The number of allylic oxidation sites excluding steroid dienone is 1. The van der Waals surface area contributed by atoms with Crippen LogP contribution < -0.4 is 10.5 Å². The molecule has 0 saturated heterocycles. The predicted octanol–water partition coefficient (Wildman–Crippen LogP) is 5.22. The average Bonchev–Trinajstić information content (AvgIpc) is 2.87. The van der Waals surface area contributed by atoms with Gasteiger partial charge in [0.25, 0.3) is 0 Å². The van der Waals surface area contributed by atoms with Crippen LogP contribution in [0.2, 0.25) is 0 Å². The molecule has 8 nitrogen and oxygen atoms in total. The Morgan fingerprint density at radius 3 is 2.63 bits per heavy atom. The average molecular weight is 523 g/mol. The van der Waals surface area contributed by atoms with Crippen molar-refractivity contribution in [3.05, 3.63) is 48.2 Å². The molecule has 0 spiro atoms. The fourth-order valence-electron chi connectivity index (χ4n) is 6.06. The largest absolute Gasteiger partial charge is 0.504 e. The summed E-state index contributed by atoms with van der Waals surface area (Å²) in [6.07, 6.45) is 11.4. The lowest BCUT2D eigenvalue weighted by Crippen LogP contribution is -2.38. The Morgan fingerprint density at radius 1 is 1.13 bits per heavy atom. The lowest BCUT2D eigenvalue weighted by atomic mass is 9.68. The predicted molar refractivity (Wildman–Crippen MR) is 144 cm³/mol. The Morgan fingerprint density at radius 2 is 1.92 bits per heavy atom. The number of carbonyl (C=O) groups excluding carboxylic acids is 2. The van der Waals surface area contributed by atoms with Crippen LogP contribution in [0.3, 0.4) is 0 Å². The van der Waals surface area contributed by atoms with Crippen molar-refractivity contribution in [2.45, 2.75) is 71.0 Å². The topological polar surface area (TPSA) is 121 Å². The summed E-state index contributed by atoms with van der Waals surface area (Å²) in [5, 5.41) is 10.5. The number of phenols is 1. The van der Waals surface area contributed by atoms with Crippen molar-refractivity contribution < 1.29 is 28.9 Å². The number of hydrogen-bond acceptors (Lipinski definition) is 8. The number of anilines is 1. The number of carbonyl (C=O) groups is 2. The van der Waals surface area contributed by atoms with Crippen molar-refractivity contribution in [2.75, 3.05) is 12.8 Å². The van der Waals surface area contributed by atoms with Crippen LogP contribution in [0.1, 0.15) is 57.9 Å². The zero-order chi connectivity index (χ0) is 27.2. The monoisotopic (exact) mass is 522 g/mol. The molecule has 8 heteroatoms. The number of nitrogen functional groups attached to an aromatic ring is 1. The number of hydrogen-bond donors (Lipinski definition) is 2. The second-order valence-corrected chi connectivity index (χ2v) is 10.5. The van der Waals surface area contributed by atoms with Crippen molar-refractivity contribution in [1.82, 2.24) is 4.98 Å². The van der Waals surface area contributed by atoms with Crippen LogP contribution in [0.5, 0.6) is 11.5 Å². The Bertz CT molecular complexity index is 1180. The molecule has 1 saturated carbocycles. The SMILES string of the molecule is COc1cc(CCC(CC(OC(C)=O)C2C=CC3CCCC2C3)OC(C)=O)c(-c2ccnc(N)c2)cc1O. The molecule has 5 atom stereocenters. The van der Waals surface area contributed by atoms with E-state index < -0.39 is 6.10 Å². The van der Waals surface area contributed by atoms with Crippen LogP contribution >= 0.6 is 0 Å². The van der Waals surface area contributed by atoms with Gasteiger partial charge in [-0.1, -0.05) is 18.6 Å². The van der Waals surface area contributed by atoms with E-state index in [1.54, 1.807) is 24.4 Å². The van der Waals surface area contributed by atoms with E-state index in [2.05, 4.69) is 17.1 Å². The van der Waals surface area contributed by atoms with Gasteiger partial charge in [-0.05, 0) is 84.9 Å². The number of benzene rings is 1. The van der Waals surface area contributed by atoms with Crippen LogP contribution in [-0.4, -0.2) is 41.3 Å². The van der Waals surface area contributed by atoms with E-state index in [1.807, 2.05) is 6.07 Å². The molecule has 5 unspecified atom stereocenters. The molecule has 1 fully saturated rings. The maximum atomic E-state index is 12.1. The molecular weight excluding hydrogens is 484 g/mol. The molecule has 1 aromatic carbocycles. The maximum absolute atomic E-state index is 12.1. The van der Waals surface area contributed by atoms with E-state index >= 15 is 0 Å². The molecule has 204 valence electrons. The summed E-state index contributed by atoms with van der Waals surface area (Å²) in [4.78, 5) is 28.2. The fourth-order valence-corrected chi connectivity index (χ4v) is 6.06. The summed E-state index contributed by atoms with van der Waals surface area (Å²) in [7, 11) is 1.50. The van der Waals surface area contributed by atoms with Gasteiger partial charge in [-0.3, -0.25) is 9.59 Å². The van der Waals surface area contributed by atoms with E-state index in [0.717, 1.165) is 29.5 Å². The Kier molecular flexibility index (Phi) is 8.92. The summed E-state index contributed by atoms with van der Waals surface area (Å²) < 4.78 is 17.0. The molecule has 2 aliphatic carbocycles. The number of methoxy groups -OCH3 is 1. The minimum Gasteiger partial charge on any atom is -0.504 e. The number of aromatic nitrogens is 1. The molecule has 4 rings (SSSR count). The van der Waals surface area contributed by atoms with E-state index in [1.165, 1.54) is 33.8 Å². The van der Waals surface area contributed by atoms with Crippen LogP contribution in [0.4, 0.5) is 5.82 Å². The van der Waals surface area contributed by atoms with Gasteiger partial charge in [-0.25, -0.2) is 4.98 Å². The van der Waals surface area contributed by atoms with E-state index in [0.29, 0.717) is 42.7 Å². The molecule has 1 aromatic heterocycles. The number of ether oxygens (including phenoxy) is 3. The first-order valence-corrected chi connectivity index (χ1v) is 13.4. The summed E-state index contributed by atoms with van der Waals surface area (Å²) in [6.45, 7) is 2.83. The van der Waals surface area contributed by atoms with Crippen molar-refractivity contribution in [3.63, 3.8) is 0 Å². The normalized spacial score (nSPS) is 21.8. The zero-order valence-electron chi connectivity index (χ0n) is 22.4. The number of fused-ring (bicyclic) bond motifs is 2. The minimum absolute atomic E-state index is 0.0166. The van der Waals surface area contributed by atoms with Crippen LogP contribution in [0.25, 0.3) is 11.1 Å². The van der Waals surface area contributed by atoms with E-state index in [9.17, 15) is 14.7 Å². The second kappa shape index (κ2) is 12.3. The highest BCUT2D eigenvalue weighted by Crippen LogP contribution is 2.42. The molecule has 3 N–H and O–H groups in total.